The van der Waals surface area contributed by atoms with Crippen molar-refractivity contribution in [3.63, 3.8) is 0 Å². The van der Waals surface area contributed by atoms with Crippen molar-refractivity contribution in [2.45, 2.75) is 0 Å². The molecule has 0 N–H and O–H groups in total. The van der Waals surface area contributed by atoms with E-state index in [1.807, 2.05) is 72.8 Å². The summed E-state index contributed by atoms with van der Waals surface area (Å²) in [7, 11) is 0. The molecule has 0 bridgehead atoms. The van der Waals surface area contributed by atoms with E-state index in [-0.39, 0.29) is 47.5 Å². The Morgan fingerprint density at radius 3 is 1.65 bits per heavy atom. The monoisotopic (exact) mass is 660 g/mol. The number of hydrogen-bond acceptors (Lipinski definition) is 1. The van der Waals surface area contributed by atoms with Gasteiger partial charge in [0, 0.05) is 49.8 Å². The Balaban J connectivity index is 1.07. The Kier molecular flexibility index (Phi) is 4.24. The lowest BCUT2D eigenvalue weighted by Crippen LogP contribution is -1.93. The van der Waals surface area contributed by atoms with E-state index in [9.17, 15) is 0 Å². The van der Waals surface area contributed by atoms with Crippen LogP contribution >= 0.6 is 0 Å². The fraction of sp³-hybridized carbons (Fsp3) is 0. The van der Waals surface area contributed by atoms with Gasteiger partial charge in [-0.3, -0.25) is 0 Å². The summed E-state index contributed by atoms with van der Waals surface area (Å²) in [5.41, 5.74) is 8.07. The van der Waals surface area contributed by atoms with Crippen molar-refractivity contribution in [2.75, 3.05) is 0 Å². The zero-order valence-electron chi connectivity index (χ0n) is 36.8. The van der Waals surface area contributed by atoms with Crippen LogP contribution in [0.2, 0.25) is 0 Å². The van der Waals surface area contributed by atoms with E-state index in [1.54, 1.807) is 16.7 Å². The SMILES string of the molecule is [2H]c1c([2H])c([2H])c(-c2cccc3oc4cc(-n5c6ccccc6c6cc(-c7ccc8c(c7)c7ccccc7n8-c7c([2H])c([2H])c([2H])c([2H])c7[2H])ccc65)ccc4c23)c([2H])c1[2H]. The number of rotatable bonds is 4. The highest BCUT2D eigenvalue weighted by Gasteiger charge is 2.18. The molecule has 0 atom stereocenters. The number of para-hydroxylation sites is 3. The molecule has 0 unspecified atom stereocenters. The number of aromatic nitrogens is 2. The highest BCUT2D eigenvalue weighted by molar-refractivity contribution is 6.15. The van der Waals surface area contributed by atoms with Gasteiger partial charge in [0.2, 0.25) is 0 Å². The molecule has 0 radical (unpaired) electrons. The number of hydrogen-bond donors (Lipinski definition) is 0. The first kappa shape index (κ1) is 20.0. The van der Waals surface area contributed by atoms with Crippen molar-refractivity contribution in [1.29, 1.82) is 0 Å². The Morgan fingerprint density at radius 1 is 0.392 bits per heavy atom. The van der Waals surface area contributed by atoms with Gasteiger partial charge in [-0.05, 0) is 88.9 Å². The van der Waals surface area contributed by atoms with E-state index in [0.717, 1.165) is 65.8 Å². The first-order valence-corrected chi connectivity index (χ1v) is 16.6. The van der Waals surface area contributed by atoms with Crippen LogP contribution in [0.5, 0.6) is 0 Å². The lowest BCUT2D eigenvalue weighted by molar-refractivity contribution is 0.668. The molecule has 0 amide bonds. The van der Waals surface area contributed by atoms with Gasteiger partial charge in [0.05, 0.1) is 35.8 Å². The Labute approximate surface area is 307 Å². The first-order valence-electron chi connectivity index (χ1n) is 21.6. The summed E-state index contributed by atoms with van der Waals surface area (Å²) in [4.78, 5) is 0. The van der Waals surface area contributed by atoms with E-state index in [2.05, 4.69) is 41.0 Å². The number of nitrogens with zero attached hydrogens (tertiary/aromatic N) is 2. The van der Waals surface area contributed by atoms with Gasteiger partial charge in [-0.1, -0.05) is 109 Å². The molecule has 3 nitrogen and oxygen atoms in total. The van der Waals surface area contributed by atoms with Gasteiger partial charge in [0.25, 0.3) is 0 Å². The standard InChI is InChI=1S/C48H30N2O/c1-3-12-31(13-4-1)36-18-11-21-46-48(36)39-25-24-35(30-47(39)51-46)50-43-20-10-8-17-38(43)41-29-33(23-27-45(41)50)32-22-26-44-40(28-32)37-16-7-9-19-42(37)49(44)34-14-5-2-6-15-34/h1-30H/i1D,2D,3D,4D,5D,6D,12D,13D,14D,15D. The van der Waals surface area contributed by atoms with Gasteiger partial charge >= 0.3 is 0 Å². The molecule has 3 heterocycles. The molecule has 11 aromatic rings. The van der Waals surface area contributed by atoms with Crippen molar-refractivity contribution in [1.82, 2.24) is 9.13 Å². The fourth-order valence-corrected chi connectivity index (χ4v) is 7.73. The Hall–Kier alpha value is -6.84. The van der Waals surface area contributed by atoms with Crippen LogP contribution < -0.4 is 0 Å². The van der Waals surface area contributed by atoms with Crippen LogP contribution in [0.25, 0.3) is 99.2 Å². The van der Waals surface area contributed by atoms with Crippen LogP contribution in [-0.2, 0) is 0 Å². The average molecular weight is 661 g/mol. The Morgan fingerprint density at radius 2 is 0.980 bits per heavy atom. The molecule has 11 rings (SSSR count). The number of furan rings is 1. The third kappa shape index (κ3) is 4.19. The van der Waals surface area contributed by atoms with Gasteiger partial charge in [-0.15, -0.1) is 0 Å². The second kappa shape index (κ2) is 10.8. The van der Waals surface area contributed by atoms with Gasteiger partial charge in [0.15, 0.2) is 0 Å². The van der Waals surface area contributed by atoms with Crippen molar-refractivity contribution < 1.29 is 18.1 Å². The van der Waals surface area contributed by atoms with Crippen LogP contribution in [0.1, 0.15) is 13.7 Å². The molecule has 51 heavy (non-hydrogen) atoms. The molecular formula is C48H30N2O. The molecule has 0 aliphatic carbocycles. The highest BCUT2D eigenvalue weighted by atomic mass is 16.3. The lowest BCUT2D eigenvalue weighted by Gasteiger charge is -2.09. The summed E-state index contributed by atoms with van der Waals surface area (Å²) < 4.78 is 94.7. The minimum atomic E-state index is -0.439. The van der Waals surface area contributed by atoms with Crippen LogP contribution in [-0.4, -0.2) is 9.13 Å². The predicted molar refractivity (Wildman–Crippen MR) is 213 cm³/mol. The largest absolute Gasteiger partial charge is 0.456 e. The molecule has 0 spiro atoms. The lowest BCUT2D eigenvalue weighted by atomic mass is 9.99. The van der Waals surface area contributed by atoms with Crippen molar-refractivity contribution in [3.05, 3.63) is 182 Å². The maximum Gasteiger partial charge on any atom is 0.137 e. The van der Waals surface area contributed by atoms with Crippen LogP contribution in [0.3, 0.4) is 0 Å². The van der Waals surface area contributed by atoms with Gasteiger partial charge in [0.1, 0.15) is 11.2 Å². The highest BCUT2D eigenvalue weighted by Crippen LogP contribution is 2.41. The van der Waals surface area contributed by atoms with Crippen LogP contribution in [0.4, 0.5) is 0 Å². The molecule has 0 fully saturated rings. The maximum absolute atomic E-state index is 8.75. The van der Waals surface area contributed by atoms with E-state index in [4.69, 9.17) is 18.1 Å². The Bertz CT molecular complexity index is 3670. The second-order valence-electron chi connectivity index (χ2n) is 12.6. The molecule has 3 aromatic heterocycles. The quantitative estimate of drug-likeness (QED) is 0.184. The molecule has 8 aromatic carbocycles. The van der Waals surface area contributed by atoms with Crippen LogP contribution in [0.15, 0.2) is 186 Å². The predicted octanol–water partition coefficient (Wildman–Crippen LogP) is 13.1. The minimum absolute atomic E-state index is 0.106. The summed E-state index contributed by atoms with van der Waals surface area (Å²) in [6.07, 6.45) is 0. The fourth-order valence-electron chi connectivity index (χ4n) is 7.73. The molecule has 0 saturated heterocycles. The molecule has 0 aliphatic heterocycles. The summed E-state index contributed by atoms with van der Waals surface area (Å²) in [6.45, 7) is 0. The van der Waals surface area contributed by atoms with E-state index >= 15 is 0 Å². The molecular weight excluding hydrogens is 621 g/mol. The van der Waals surface area contributed by atoms with Crippen molar-refractivity contribution >= 4 is 65.6 Å². The number of fused-ring (bicyclic) bond motifs is 9. The summed E-state index contributed by atoms with van der Waals surface area (Å²) in [5, 5.41) is 5.28. The van der Waals surface area contributed by atoms with Crippen LogP contribution in [0, 0.1) is 0 Å². The topological polar surface area (TPSA) is 23.0 Å². The smallest absolute Gasteiger partial charge is 0.137 e. The number of benzene rings is 8. The third-order valence-corrected chi connectivity index (χ3v) is 9.90. The third-order valence-electron chi connectivity index (χ3n) is 9.90. The van der Waals surface area contributed by atoms with E-state index < -0.39 is 24.2 Å². The second-order valence-corrected chi connectivity index (χ2v) is 12.6. The normalized spacial score (nSPS) is 14.7. The summed E-state index contributed by atoms with van der Waals surface area (Å²) in [5.74, 6) is 0. The zero-order valence-corrected chi connectivity index (χ0v) is 26.8. The maximum atomic E-state index is 8.75. The average Bonchev–Trinajstić information content (AvgIpc) is 3.94. The van der Waals surface area contributed by atoms with Crippen molar-refractivity contribution in [3.8, 4) is 33.6 Å². The zero-order chi connectivity index (χ0) is 42.2. The van der Waals surface area contributed by atoms with Gasteiger partial charge in [-0.25, -0.2) is 0 Å². The molecule has 0 aliphatic rings. The van der Waals surface area contributed by atoms with Gasteiger partial charge < -0.3 is 13.6 Å². The molecule has 238 valence electrons. The first-order chi connectivity index (χ1) is 29.4. The minimum Gasteiger partial charge on any atom is -0.456 e. The van der Waals surface area contributed by atoms with E-state index in [1.165, 1.54) is 0 Å². The van der Waals surface area contributed by atoms with Gasteiger partial charge in [-0.2, -0.15) is 0 Å². The molecule has 0 saturated carbocycles. The van der Waals surface area contributed by atoms with Crippen molar-refractivity contribution in [2.24, 2.45) is 0 Å². The summed E-state index contributed by atoms with van der Waals surface area (Å²) in [6, 6.07) is 36.1. The van der Waals surface area contributed by atoms with E-state index in [0.29, 0.717) is 22.1 Å². The molecule has 3 heteroatoms. The summed E-state index contributed by atoms with van der Waals surface area (Å²) >= 11 is 0.